The monoisotopic (exact) mass is 294 g/mol. The van der Waals surface area contributed by atoms with E-state index < -0.39 is 5.41 Å². The van der Waals surface area contributed by atoms with Crippen LogP contribution in [0.1, 0.15) is 27.2 Å². The average molecular weight is 294 g/mol. The zero-order valence-electron chi connectivity index (χ0n) is 13.1. The van der Waals surface area contributed by atoms with E-state index >= 15 is 0 Å². The minimum absolute atomic E-state index is 0.346. The number of carbonyl (C=O) groups excluding carboxylic acids is 1. The van der Waals surface area contributed by atoms with Gasteiger partial charge in [0.15, 0.2) is 5.96 Å². The Balaban J connectivity index is 2.39. The Morgan fingerprint density at radius 3 is 2.76 bits per heavy atom. The van der Waals surface area contributed by atoms with Gasteiger partial charge in [-0.25, -0.2) is 0 Å². The second kappa shape index (κ2) is 8.28. The van der Waals surface area contributed by atoms with Crippen LogP contribution in [0.25, 0.3) is 0 Å². The fraction of sp³-hybridized carbons (Fsp3) is 0.643. The largest absolute Gasteiger partial charge is 0.369 e. The molecule has 4 N–H and O–H groups in total. The van der Waals surface area contributed by atoms with Crippen LogP contribution in [-0.4, -0.2) is 41.3 Å². The molecule has 0 bridgehead atoms. The summed E-state index contributed by atoms with van der Waals surface area (Å²) in [4.78, 5) is 15.7. The number of aliphatic imine (C=N–C) groups is 1. The number of nitrogens with zero attached hydrogens (tertiary/aromatic N) is 3. The lowest BCUT2D eigenvalue weighted by Gasteiger charge is -2.19. The van der Waals surface area contributed by atoms with Crippen molar-refractivity contribution in [3.63, 3.8) is 0 Å². The molecule has 0 aliphatic carbocycles. The molecule has 0 saturated carbocycles. The fourth-order valence-electron chi connectivity index (χ4n) is 1.58. The summed E-state index contributed by atoms with van der Waals surface area (Å²) in [5.74, 6) is 0.355. The first-order chi connectivity index (χ1) is 9.95. The Hall–Kier alpha value is -2.05. The van der Waals surface area contributed by atoms with Crippen LogP contribution in [0.4, 0.5) is 0 Å². The van der Waals surface area contributed by atoms with E-state index in [-0.39, 0.29) is 5.91 Å². The van der Waals surface area contributed by atoms with E-state index in [0.29, 0.717) is 12.5 Å². The molecule has 1 heterocycles. The van der Waals surface area contributed by atoms with Gasteiger partial charge in [-0.2, -0.15) is 5.10 Å². The predicted octanol–water partition coefficient (Wildman–Crippen LogP) is 0.340. The van der Waals surface area contributed by atoms with Gasteiger partial charge >= 0.3 is 0 Å². The van der Waals surface area contributed by atoms with Gasteiger partial charge in [-0.05, 0) is 33.3 Å². The molecule has 1 rings (SSSR count). The zero-order chi connectivity index (χ0) is 15.7. The van der Waals surface area contributed by atoms with E-state index in [2.05, 4.69) is 20.7 Å². The van der Waals surface area contributed by atoms with Gasteiger partial charge in [-0.15, -0.1) is 0 Å². The number of hydrogen-bond donors (Lipinski definition) is 3. The van der Waals surface area contributed by atoms with Crippen LogP contribution >= 0.6 is 0 Å². The van der Waals surface area contributed by atoms with E-state index in [9.17, 15) is 4.79 Å². The van der Waals surface area contributed by atoms with Gasteiger partial charge < -0.3 is 16.4 Å². The minimum Gasteiger partial charge on any atom is -0.369 e. The van der Waals surface area contributed by atoms with E-state index in [4.69, 9.17) is 5.73 Å². The van der Waals surface area contributed by atoms with Crippen LogP contribution in [0.3, 0.4) is 0 Å². The molecule has 0 radical (unpaired) electrons. The SMILES string of the molecule is CCNC(=NCC(C)(C)C(N)=O)NCCCn1cccn1. The molecule has 0 spiro atoms. The summed E-state index contributed by atoms with van der Waals surface area (Å²) in [6.45, 7) is 8.34. The molecule has 0 aliphatic rings. The first-order valence-electron chi connectivity index (χ1n) is 7.25. The summed E-state index contributed by atoms with van der Waals surface area (Å²) in [6, 6.07) is 1.91. The molecule has 0 aromatic carbocycles. The number of rotatable bonds is 8. The minimum atomic E-state index is -0.641. The van der Waals surface area contributed by atoms with Crippen molar-refractivity contribution in [1.29, 1.82) is 0 Å². The number of nitrogens with one attached hydrogen (secondary N) is 2. The number of primary amides is 1. The third-order valence-electron chi connectivity index (χ3n) is 3.06. The number of guanidine groups is 1. The van der Waals surface area contributed by atoms with Crippen molar-refractivity contribution in [3.05, 3.63) is 18.5 Å². The molecule has 0 aliphatic heterocycles. The molecule has 118 valence electrons. The van der Waals surface area contributed by atoms with Gasteiger partial charge in [0.1, 0.15) is 0 Å². The van der Waals surface area contributed by atoms with Crippen LogP contribution in [0.5, 0.6) is 0 Å². The van der Waals surface area contributed by atoms with Gasteiger partial charge in [0.2, 0.25) is 5.91 Å². The molecule has 1 aromatic rings. The number of hydrogen-bond acceptors (Lipinski definition) is 3. The van der Waals surface area contributed by atoms with Crippen LogP contribution in [0, 0.1) is 5.41 Å². The van der Waals surface area contributed by atoms with E-state index in [1.807, 2.05) is 23.9 Å². The maximum atomic E-state index is 11.3. The summed E-state index contributed by atoms with van der Waals surface area (Å²) in [7, 11) is 0. The van der Waals surface area contributed by atoms with E-state index in [1.54, 1.807) is 20.0 Å². The molecular formula is C14H26N6O. The van der Waals surface area contributed by atoms with Crippen LogP contribution in [0.2, 0.25) is 0 Å². The molecular weight excluding hydrogens is 268 g/mol. The fourth-order valence-corrected chi connectivity index (χ4v) is 1.58. The van der Waals surface area contributed by atoms with Crippen molar-refractivity contribution >= 4 is 11.9 Å². The Kier molecular flexibility index (Phi) is 6.71. The molecule has 1 amide bonds. The summed E-state index contributed by atoms with van der Waals surface area (Å²) >= 11 is 0. The van der Waals surface area contributed by atoms with Crippen molar-refractivity contribution in [2.75, 3.05) is 19.6 Å². The second-order valence-electron chi connectivity index (χ2n) is 5.49. The van der Waals surface area contributed by atoms with Gasteiger partial charge in [-0.3, -0.25) is 14.5 Å². The molecule has 0 unspecified atom stereocenters. The van der Waals surface area contributed by atoms with E-state index in [1.165, 1.54) is 0 Å². The quantitative estimate of drug-likeness (QED) is 0.366. The van der Waals surface area contributed by atoms with Crippen LogP contribution in [-0.2, 0) is 11.3 Å². The Morgan fingerprint density at radius 1 is 1.43 bits per heavy atom. The van der Waals surface area contributed by atoms with E-state index in [0.717, 1.165) is 26.1 Å². The molecule has 21 heavy (non-hydrogen) atoms. The van der Waals surface area contributed by atoms with Crippen LogP contribution in [0.15, 0.2) is 23.5 Å². The molecule has 1 aromatic heterocycles. The van der Waals surface area contributed by atoms with Crippen molar-refractivity contribution in [2.24, 2.45) is 16.1 Å². The normalized spacial score (nSPS) is 12.2. The maximum Gasteiger partial charge on any atom is 0.224 e. The van der Waals surface area contributed by atoms with Gasteiger partial charge in [0.25, 0.3) is 0 Å². The summed E-state index contributed by atoms with van der Waals surface area (Å²) in [5.41, 5.74) is 4.71. The summed E-state index contributed by atoms with van der Waals surface area (Å²) < 4.78 is 1.89. The smallest absolute Gasteiger partial charge is 0.224 e. The average Bonchev–Trinajstić information content (AvgIpc) is 2.93. The van der Waals surface area contributed by atoms with Crippen molar-refractivity contribution in [2.45, 2.75) is 33.7 Å². The highest BCUT2D eigenvalue weighted by Crippen LogP contribution is 2.13. The molecule has 0 saturated heterocycles. The Bertz CT molecular complexity index is 452. The van der Waals surface area contributed by atoms with Crippen molar-refractivity contribution in [3.8, 4) is 0 Å². The Morgan fingerprint density at radius 2 is 2.19 bits per heavy atom. The highest BCUT2D eigenvalue weighted by Gasteiger charge is 2.24. The lowest BCUT2D eigenvalue weighted by molar-refractivity contribution is -0.125. The standard InChI is InChI=1S/C14H26N6O/c1-4-16-13(18-11-14(2,3)12(15)21)17-7-5-9-20-10-6-8-19-20/h6,8,10H,4-5,7,9,11H2,1-3H3,(H2,15,21)(H2,16,17,18). The molecule has 0 atom stereocenters. The first kappa shape index (κ1) is 17.0. The maximum absolute atomic E-state index is 11.3. The lowest BCUT2D eigenvalue weighted by Crippen LogP contribution is -2.40. The van der Waals surface area contributed by atoms with Crippen molar-refractivity contribution < 1.29 is 4.79 Å². The lowest BCUT2D eigenvalue weighted by atomic mass is 9.93. The molecule has 0 fully saturated rings. The molecule has 7 heteroatoms. The number of aryl methyl sites for hydroxylation is 1. The topological polar surface area (TPSA) is 97.3 Å². The Labute approximate surface area is 126 Å². The number of carbonyl (C=O) groups is 1. The van der Waals surface area contributed by atoms with Crippen molar-refractivity contribution in [1.82, 2.24) is 20.4 Å². The number of amides is 1. The highest BCUT2D eigenvalue weighted by atomic mass is 16.1. The second-order valence-corrected chi connectivity index (χ2v) is 5.49. The van der Waals surface area contributed by atoms with Crippen LogP contribution < -0.4 is 16.4 Å². The number of nitrogens with two attached hydrogens (primary N) is 1. The van der Waals surface area contributed by atoms with Gasteiger partial charge in [-0.1, -0.05) is 0 Å². The third kappa shape index (κ3) is 6.29. The third-order valence-corrected chi connectivity index (χ3v) is 3.06. The first-order valence-corrected chi connectivity index (χ1v) is 7.25. The highest BCUT2D eigenvalue weighted by molar-refractivity contribution is 5.82. The summed E-state index contributed by atoms with van der Waals surface area (Å²) in [6.07, 6.45) is 4.64. The number of aromatic nitrogens is 2. The molecule has 7 nitrogen and oxygen atoms in total. The zero-order valence-corrected chi connectivity index (χ0v) is 13.1. The van der Waals surface area contributed by atoms with Gasteiger partial charge in [0, 0.05) is 32.0 Å². The predicted molar refractivity (Wildman–Crippen MR) is 83.8 cm³/mol. The van der Waals surface area contributed by atoms with Gasteiger partial charge in [0.05, 0.1) is 12.0 Å². The summed E-state index contributed by atoms with van der Waals surface area (Å²) in [5, 5.41) is 10.5.